The minimum Gasteiger partial charge on any atom is -0.469 e. The minimum absolute atomic E-state index is 0.0422. The Hall–Kier alpha value is -1.35. The van der Waals surface area contributed by atoms with Gasteiger partial charge in [-0.15, -0.1) is 0 Å². The Morgan fingerprint density at radius 3 is 2.89 bits per heavy atom. The highest BCUT2D eigenvalue weighted by Crippen LogP contribution is 2.22. The van der Waals surface area contributed by atoms with Crippen molar-refractivity contribution in [2.75, 3.05) is 13.7 Å². The average molecular weight is 261 g/mol. The zero-order valence-corrected chi connectivity index (χ0v) is 11.9. The molecule has 0 aromatic heterocycles. The van der Waals surface area contributed by atoms with Crippen molar-refractivity contribution in [3.63, 3.8) is 0 Å². The fourth-order valence-electron chi connectivity index (χ4n) is 2.69. The van der Waals surface area contributed by atoms with Gasteiger partial charge in [-0.3, -0.25) is 4.79 Å². The molecule has 0 bridgehead atoms. The van der Waals surface area contributed by atoms with Gasteiger partial charge in [0.15, 0.2) is 0 Å². The zero-order chi connectivity index (χ0) is 13.7. The smallest absolute Gasteiger partial charge is 0.309 e. The number of hydrogen-bond donors (Lipinski definition) is 1. The molecule has 0 amide bonds. The van der Waals surface area contributed by atoms with Crippen LogP contribution in [0.4, 0.5) is 0 Å². The number of aryl methyl sites for hydroxylation is 2. The van der Waals surface area contributed by atoms with Crippen LogP contribution in [0.5, 0.6) is 0 Å². The molecule has 1 aliphatic rings. The molecule has 19 heavy (non-hydrogen) atoms. The lowest BCUT2D eigenvalue weighted by atomic mass is 10.1. The highest BCUT2D eigenvalue weighted by molar-refractivity contribution is 5.72. The molecule has 0 aliphatic heterocycles. The molecule has 1 aromatic rings. The molecule has 0 radical (unpaired) electrons. The van der Waals surface area contributed by atoms with Crippen molar-refractivity contribution >= 4 is 5.97 Å². The molecule has 0 fully saturated rings. The third-order valence-electron chi connectivity index (χ3n) is 3.91. The number of rotatable bonds is 6. The monoisotopic (exact) mass is 261 g/mol. The van der Waals surface area contributed by atoms with Crippen molar-refractivity contribution in [2.45, 2.75) is 39.2 Å². The van der Waals surface area contributed by atoms with E-state index in [0.29, 0.717) is 6.54 Å². The molecule has 1 unspecified atom stereocenters. The lowest BCUT2D eigenvalue weighted by Crippen LogP contribution is -2.28. The average Bonchev–Trinajstić information content (AvgIpc) is 2.90. The van der Waals surface area contributed by atoms with Crippen LogP contribution in [0, 0.1) is 5.92 Å². The van der Waals surface area contributed by atoms with E-state index in [-0.39, 0.29) is 11.9 Å². The Bertz CT molecular complexity index is 442. The number of carbonyl (C=O) groups is 1. The molecular formula is C16H23NO2. The van der Waals surface area contributed by atoms with Gasteiger partial charge in [-0.25, -0.2) is 0 Å². The van der Waals surface area contributed by atoms with Crippen LogP contribution in [0.3, 0.4) is 0 Å². The summed E-state index contributed by atoms with van der Waals surface area (Å²) in [7, 11) is 1.45. The van der Waals surface area contributed by atoms with Gasteiger partial charge in [-0.2, -0.15) is 0 Å². The van der Waals surface area contributed by atoms with E-state index in [2.05, 4.69) is 23.5 Å². The van der Waals surface area contributed by atoms with Crippen LogP contribution in [0.1, 0.15) is 36.5 Å². The Morgan fingerprint density at radius 1 is 1.37 bits per heavy atom. The van der Waals surface area contributed by atoms with Crippen LogP contribution in [0.15, 0.2) is 18.2 Å². The van der Waals surface area contributed by atoms with Gasteiger partial charge in [0.05, 0.1) is 13.0 Å². The summed E-state index contributed by atoms with van der Waals surface area (Å²) < 4.78 is 4.79. The lowest BCUT2D eigenvalue weighted by Gasteiger charge is -2.13. The molecule has 1 atom stereocenters. The molecule has 1 N–H and O–H groups in total. The molecule has 0 spiro atoms. The molecule has 104 valence electrons. The van der Waals surface area contributed by atoms with Gasteiger partial charge in [-0.05, 0) is 42.4 Å². The minimum atomic E-state index is -0.121. The van der Waals surface area contributed by atoms with Gasteiger partial charge in [0.1, 0.15) is 0 Å². The second-order valence-electron chi connectivity index (χ2n) is 5.22. The van der Waals surface area contributed by atoms with Gasteiger partial charge in [-0.1, -0.05) is 25.1 Å². The van der Waals surface area contributed by atoms with E-state index in [1.807, 2.05) is 6.92 Å². The number of methoxy groups -OCH3 is 1. The van der Waals surface area contributed by atoms with Crippen LogP contribution in [0.25, 0.3) is 0 Å². The second-order valence-corrected chi connectivity index (χ2v) is 5.22. The number of benzene rings is 1. The quantitative estimate of drug-likeness (QED) is 0.799. The van der Waals surface area contributed by atoms with Crippen LogP contribution in [-0.4, -0.2) is 19.6 Å². The van der Waals surface area contributed by atoms with Gasteiger partial charge in [0.25, 0.3) is 0 Å². The standard InChI is InChI=1S/C16H23NO2/c1-3-13(16(18)19-2)11-17-10-12-7-8-14-5-4-6-15(14)9-12/h7-9,13,17H,3-6,10-11H2,1-2H3. The summed E-state index contributed by atoms with van der Waals surface area (Å²) in [6, 6.07) is 6.74. The maximum absolute atomic E-state index is 11.5. The highest BCUT2D eigenvalue weighted by Gasteiger charge is 2.16. The summed E-state index contributed by atoms with van der Waals surface area (Å²) in [6.45, 7) is 3.51. The highest BCUT2D eigenvalue weighted by atomic mass is 16.5. The van der Waals surface area contributed by atoms with E-state index in [1.165, 1.54) is 43.1 Å². The number of esters is 1. The number of hydrogen-bond acceptors (Lipinski definition) is 3. The fourth-order valence-corrected chi connectivity index (χ4v) is 2.69. The first kappa shape index (κ1) is 14.1. The van der Waals surface area contributed by atoms with Gasteiger partial charge in [0.2, 0.25) is 0 Å². The Morgan fingerprint density at radius 2 is 2.16 bits per heavy atom. The summed E-state index contributed by atoms with van der Waals surface area (Å²) in [4.78, 5) is 11.5. The molecule has 0 saturated carbocycles. The molecule has 1 aliphatic carbocycles. The van der Waals surface area contributed by atoms with E-state index >= 15 is 0 Å². The van der Waals surface area contributed by atoms with Crippen LogP contribution < -0.4 is 5.32 Å². The zero-order valence-electron chi connectivity index (χ0n) is 11.9. The summed E-state index contributed by atoms with van der Waals surface area (Å²) >= 11 is 0. The van der Waals surface area contributed by atoms with Gasteiger partial charge >= 0.3 is 5.97 Å². The van der Waals surface area contributed by atoms with E-state index in [9.17, 15) is 4.79 Å². The van der Waals surface area contributed by atoms with Crippen molar-refractivity contribution in [2.24, 2.45) is 5.92 Å². The van der Waals surface area contributed by atoms with Crippen molar-refractivity contribution in [1.29, 1.82) is 0 Å². The number of carbonyl (C=O) groups excluding carboxylic acids is 1. The largest absolute Gasteiger partial charge is 0.469 e. The van der Waals surface area contributed by atoms with Gasteiger partial charge < -0.3 is 10.1 Å². The first-order valence-electron chi connectivity index (χ1n) is 7.13. The molecule has 3 nitrogen and oxygen atoms in total. The normalized spacial score (nSPS) is 15.1. The second kappa shape index (κ2) is 6.71. The predicted molar refractivity (Wildman–Crippen MR) is 76.0 cm³/mol. The van der Waals surface area contributed by atoms with Crippen molar-refractivity contribution < 1.29 is 9.53 Å². The Kier molecular flexibility index (Phi) is 4.97. The summed E-state index contributed by atoms with van der Waals surface area (Å²) in [5.41, 5.74) is 4.31. The van der Waals surface area contributed by atoms with Gasteiger partial charge in [0, 0.05) is 13.1 Å². The van der Waals surface area contributed by atoms with E-state index in [1.54, 1.807) is 0 Å². The third-order valence-corrected chi connectivity index (χ3v) is 3.91. The summed E-state index contributed by atoms with van der Waals surface area (Å²) in [5, 5.41) is 3.36. The maximum atomic E-state index is 11.5. The van der Waals surface area contributed by atoms with Crippen LogP contribution in [0.2, 0.25) is 0 Å². The van der Waals surface area contributed by atoms with Crippen molar-refractivity contribution in [3.8, 4) is 0 Å². The first-order valence-corrected chi connectivity index (χ1v) is 7.13. The number of ether oxygens (including phenoxy) is 1. The maximum Gasteiger partial charge on any atom is 0.309 e. The Labute approximate surface area is 115 Å². The number of fused-ring (bicyclic) bond motifs is 1. The van der Waals surface area contributed by atoms with Crippen LogP contribution in [-0.2, 0) is 28.9 Å². The Balaban J connectivity index is 1.84. The third kappa shape index (κ3) is 3.57. The summed E-state index contributed by atoms with van der Waals surface area (Å²) in [6.07, 6.45) is 4.53. The topological polar surface area (TPSA) is 38.3 Å². The lowest BCUT2D eigenvalue weighted by molar-refractivity contribution is -0.145. The first-order chi connectivity index (χ1) is 9.24. The SMILES string of the molecule is CCC(CNCc1ccc2c(c1)CCC2)C(=O)OC. The molecule has 2 rings (SSSR count). The molecule has 3 heteroatoms. The van der Waals surface area contributed by atoms with Crippen LogP contribution >= 0.6 is 0 Å². The van der Waals surface area contributed by atoms with Crippen molar-refractivity contribution in [3.05, 3.63) is 34.9 Å². The number of nitrogens with one attached hydrogen (secondary N) is 1. The summed E-state index contributed by atoms with van der Waals surface area (Å²) in [5.74, 6) is -0.164. The fraction of sp³-hybridized carbons (Fsp3) is 0.562. The van der Waals surface area contributed by atoms with Crippen molar-refractivity contribution in [1.82, 2.24) is 5.32 Å². The van der Waals surface area contributed by atoms with E-state index < -0.39 is 0 Å². The molecule has 1 aromatic carbocycles. The molecule has 0 heterocycles. The predicted octanol–water partition coefficient (Wildman–Crippen LogP) is 2.46. The van der Waals surface area contributed by atoms with E-state index in [0.717, 1.165) is 13.0 Å². The molecule has 0 saturated heterocycles. The van der Waals surface area contributed by atoms with E-state index in [4.69, 9.17) is 4.74 Å². The molecular weight excluding hydrogens is 238 g/mol.